The molecule has 0 bridgehead atoms. The van der Waals surface area contributed by atoms with Crippen LogP contribution in [0.5, 0.6) is 0 Å². The van der Waals surface area contributed by atoms with Crippen molar-refractivity contribution < 1.29 is 13.2 Å². The summed E-state index contributed by atoms with van der Waals surface area (Å²) in [5.74, 6) is 0.698. The summed E-state index contributed by atoms with van der Waals surface area (Å²) in [4.78, 5) is 6.92. The van der Waals surface area contributed by atoms with Gasteiger partial charge in [0.15, 0.2) is 0 Å². The van der Waals surface area contributed by atoms with Gasteiger partial charge in [-0.1, -0.05) is 45.1 Å². The van der Waals surface area contributed by atoms with Crippen molar-refractivity contribution in [1.29, 1.82) is 0 Å². The number of anilines is 1. The lowest BCUT2D eigenvalue weighted by molar-refractivity contribution is -0.110. The second kappa shape index (κ2) is 14.9. The minimum Gasteiger partial charge on any atom is -0.370 e. The molecule has 32 heavy (non-hydrogen) atoms. The maximum absolute atomic E-state index is 10.4. The molecule has 1 fully saturated rings. The van der Waals surface area contributed by atoms with Crippen LogP contribution in [-0.4, -0.2) is 37.3 Å². The van der Waals surface area contributed by atoms with Crippen molar-refractivity contribution in [2.75, 3.05) is 31.1 Å². The molecule has 1 aliphatic heterocycles. The molecular weight excluding hydrogens is 411 g/mol. The van der Waals surface area contributed by atoms with E-state index in [0.717, 1.165) is 44.7 Å². The van der Waals surface area contributed by atoms with Gasteiger partial charge in [0, 0.05) is 25.7 Å². The van der Waals surface area contributed by atoms with Crippen LogP contribution >= 0.6 is 0 Å². The predicted molar refractivity (Wildman–Crippen MR) is 130 cm³/mol. The summed E-state index contributed by atoms with van der Waals surface area (Å²) < 4.78 is 31.1. The first-order chi connectivity index (χ1) is 15.3. The smallest absolute Gasteiger partial charge is 0.370 e. The second-order valence-electron chi connectivity index (χ2n) is 7.87. The average Bonchev–Trinajstić information content (AvgIpc) is 3.01. The molecule has 0 aromatic carbocycles. The van der Waals surface area contributed by atoms with Crippen LogP contribution < -0.4 is 10.2 Å². The normalized spacial score (nSPS) is 16.7. The van der Waals surface area contributed by atoms with Crippen molar-refractivity contribution in [3.05, 3.63) is 59.5 Å². The number of rotatable bonds is 6. The predicted octanol–water partition coefficient (Wildman–Crippen LogP) is 7.01. The molecule has 2 aliphatic rings. The molecule has 0 saturated carbocycles. The number of aromatic nitrogens is 1. The van der Waals surface area contributed by atoms with E-state index in [9.17, 15) is 13.2 Å². The Morgan fingerprint density at radius 1 is 1.16 bits per heavy atom. The van der Waals surface area contributed by atoms with Gasteiger partial charge in [-0.05, 0) is 74.9 Å². The number of nitrogens with zero attached hydrogens (tertiary/aromatic N) is 2. The van der Waals surface area contributed by atoms with E-state index in [1.54, 1.807) is 5.57 Å². The third-order valence-corrected chi connectivity index (χ3v) is 5.24. The van der Waals surface area contributed by atoms with Crippen LogP contribution in [0, 0.1) is 12.8 Å². The van der Waals surface area contributed by atoms with Crippen molar-refractivity contribution in [3.63, 3.8) is 0 Å². The molecular formula is C26H40F3N3. The molecule has 2 heterocycles. The first-order valence-electron chi connectivity index (χ1n) is 11.8. The Morgan fingerprint density at radius 3 is 2.38 bits per heavy atom. The summed E-state index contributed by atoms with van der Waals surface area (Å²) in [7, 11) is 0. The molecule has 0 unspecified atom stereocenters. The highest BCUT2D eigenvalue weighted by atomic mass is 19.4. The zero-order chi connectivity index (χ0) is 24.0. The van der Waals surface area contributed by atoms with Crippen molar-refractivity contribution in [1.82, 2.24) is 10.3 Å². The molecule has 0 atom stereocenters. The Labute approximate surface area is 192 Å². The second-order valence-corrected chi connectivity index (χ2v) is 7.87. The molecule has 1 saturated heterocycles. The van der Waals surface area contributed by atoms with E-state index in [-0.39, 0.29) is 6.92 Å². The van der Waals surface area contributed by atoms with Gasteiger partial charge >= 0.3 is 6.18 Å². The molecule has 3 nitrogen and oxygen atoms in total. The summed E-state index contributed by atoms with van der Waals surface area (Å²) in [6.07, 6.45) is 12.2. The maximum atomic E-state index is 10.4. The highest BCUT2D eigenvalue weighted by molar-refractivity contribution is 5.45. The zero-order valence-corrected chi connectivity index (χ0v) is 20.3. The van der Waals surface area contributed by atoms with E-state index in [0.29, 0.717) is 5.92 Å². The number of alkyl halides is 3. The van der Waals surface area contributed by atoms with Crippen LogP contribution in [-0.2, 0) is 0 Å². The van der Waals surface area contributed by atoms with E-state index in [1.807, 2.05) is 27.0 Å². The SMILES string of the molecule is CC.CC(F)(F)F.CCNCCC1=CC(C2CCN(c3ccc(C)nc3)CC2)=CCC=C1. The van der Waals surface area contributed by atoms with Crippen LogP contribution in [0.4, 0.5) is 18.9 Å². The van der Waals surface area contributed by atoms with Gasteiger partial charge < -0.3 is 10.2 Å². The van der Waals surface area contributed by atoms with Gasteiger partial charge in [0.1, 0.15) is 0 Å². The molecule has 1 N–H and O–H groups in total. The van der Waals surface area contributed by atoms with Crippen LogP contribution in [0.15, 0.2) is 53.8 Å². The lowest BCUT2D eigenvalue weighted by atomic mass is 9.87. The van der Waals surface area contributed by atoms with Crippen LogP contribution in [0.3, 0.4) is 0 Å². The first kappa shape index (κ1) is 28.0. The Hall–Kier alpha value is -2.08. The monoisotopic (exact) mass is 451 g/mol. The number of allylic oxidation sites excluding steroid dienone is 5. The first-order valence-corrected chi connectivity index (χ1v) is 11.8. The van der Waals surface area contributed by atoms with E-state index in [4.69, 9.17) is 0 Å². The van der Waals surface area contributed by atoms with Crippen molar-refractivity contribution in [2.24, 2.45) is 5.92 Å². The van der Waals surface area contributed by atoms with Gasteiger partial charge in [-0.3, -0.25) is 4.98 Å². The topological polar surface area (TPSA) is 28.2 Å². The van der Waals surface area contributed by atoms with E-state index in [1.165, 1.54) is 24.1 Å². The molecule has 0 spiro atoms. The number of pyridine rings is 1. The number of piperidine rings is 1. The van der Waals surface area contributed by atoms with Gasteiger partial charge in [0.25, 0.3) is 0 Å². The molecule has 3 rings (SSSR count). The number of nitrogens with one attached hydrogen (secondary N) is 1. The fraction of sp³-hybridized carbons (Fsp3) is 0.577. The fourth-order valence-electron chi connectivity index (χ4n) is 3.71. The van der Waals surface area contributed by atoms with Crippen LogP contribution in [0.1, 0.15) is 59.1 Å². The Balaban J connectivity index is 0.000000646. The summed E-state index contributed by atoms with van der Waals surface area (Å²) in [6, 6.07) is 4.32. The lowest BCUT2D eigenvalue weighted by Crippen LogP contribution is -2.34. The average molecular weight is 452 g/mol. The van der Waals surface area contributed by atoms with Gasteiger partial charge in [-0.2, -0.15) is 13.2 Å². The highest BCUT2D eigenvalue weighted by Gasteiger charge is 2.22. The Kier molecular flexibility index (Phi) is 13.0. The minimum absolute atomic E-state index is 0.188. The third kappa shape index (κ3) is 11.5. The Bertz CT molecular complexity index is 720. The molecule has 1 aromatic rings. The summed E-state index contributed by atoms with van der Waals surface area (Å²) in [5.41, 5.74) is 5.38. The molecule has 1 aromatic heterocycles. The maximum Gasteiger partial charge on any atom is 0.386 e. The third-order valence-electron chi connectivity index (χ3n) is 5.24. The van der Waals surface area contributed by atoms with Gasteiger partial charge in [0.05, 0.1) is 11.9 Å². The number of halogens is 3. The molecule has 0 amide bonds. The molecule has 6 heteroatoms. The number of aryl methyl sites for hydroxylation is 1. The molecule has 0 radical (unpaired) electrons. The lowest BCUT2D eigenvalue weighted by Gasteiger charge is -2.34. The number of hydrogen-bond donors (Lipinski definition) is 1. The number of hydrogen-bond acceptors (Lipinski definition) is 3. The fourth-order valence-corrected chi connectivity index (χ4v) is 3.71. The van der Waals surface area contributed by atoms with Gasteiger partial charge in [-0.15, -0.1) is 0 Å². The van der Waals surface area contributed by atoms with Crippen LogP contribution in [0.2, 0.25) is 0 Å². The zero-order valence-electron chi connectivity index (χ0n) is 20.3. The largest absolute Gasteiger partial charge is 0.386 e. The quantitative estimate of drug-likeness (QED) is 0.471. The highest BCUT2D eigenvalue weighted by Crippen LogP contribution is 2.30. The van der Waals surface area contributed by atoms with E-state index >= 15 is 0 Å². The standard InChI is InChI=1S/C22H31N3.C2H3F3.C2H6/c1-3-23-13-10-19-6-4-5-7-21(16-19)20-11-14-25(15-12-20)22-9-8-18(2)24-17-22;1-2(3,4)5;1-2/h4,6-9,16-17,20,23H,3,5,10-15H2,1-2H3;1H3;1-2H3. The molecule has 1 aliphatic carbocycles. The van der Waals surface area contributed by atoms with Crippen molar-refractivity contribution >= 4 is 5.69 Å². The van der Waals surface area contributed by atoms with Crippen molar-refractivity contribution in [2.45, 2.75) is 66.5 Å². The Morgan fingerprint density at radius 2 is 1.81 bits per heavy atom. The summed E-state index contributed by atoms with van der Waals surface area (Å²) in [6.45, 7) is 12.8. The summed E-state index contributed by atoms with van der Waals surface area (Å²) >= 11 is 0. The van der Waals surface area contributed by atoms with E-state index in [2.05, 4.69) is 58.6 Å². The minimum atomic E-state index is -4.00. The van der Waals surface area contributed by atoms with E-state index < -0.39 is 6.18 Å². The molecule has 180 valence electrons. The van der Waals surface area contributed by atoms with Crippen molar-refractivity contribution in [3.8, 4) is 0 Å². The van der Waals surface area contributed by atoms with Gasteiger partial charge in [0.2, 0.25) is 0 Å². The summed E-state index contributed by atoms with van der Waals surface area (Å²) in [5, 5.41) is 3.43. The van der Waals surface area contributed by atoms with Gasteiger partial charge in [-0.25, -0.2) is 0 Å². The van der Waals surface area contributed by atoms with Crippen LogP contribution in [0.25, 0.3) is 0 Å².